The summed E-state index contributed by atoms with van der Waals surface area (Å²) in [5.74, 6) is -0.0477. The molecule has 1 unspecified atom stereocenters. The van der Waals surface area contributed by atoms with E-state index in [-0.39, 0.29) is 29.7 Å². The minimum Gasteiger partial charge on any atom is -0.396 e. The Morgan fingerprint density at radius 3 is 2.83 bits per heavy atom. The van der Waals surface area contributed by atoms with Gasteiger partial charge < -0.3 is 10.4 Å². The molecule has 100 valence electrons. The molecule has 18 heavy (non-hydrogen) atoms. The van der Waals surface area contributed by atoms with E-state index >= 15 is 0 Å². The van der Waals surface area contributed by atoms with Crippen LogP contribution in [0.25, 0.3) is 0 Å². The highest BCUT2D eigenvalue weighted by Gasteiger charge is 2.11. The molecule has 1 atom stereocenters. The second-order valence-corrected chi connectivity index (χ2v) is 4.18. The third kappa shape index (κ3) is 3.96. The van der Waals surface area contributed by atoms with E-state index in [0.717, 1.165) is 11.1 Å². The van der Waals surface area contributed by atoms with Gasteiger partial charge in [0.25, 0.3) is 11.5 Å². The van der Waals surface area contributed by atoms with E-state index in [9.17, 15) is 9.59 Å². The largest absolute Gasteiger partial charge is 0.396 e. The number of aliphatic hydroxyl groups is 1. The summed E-state index contributed by atoms with van der Waals surface area (Å²) in [5, 5.41) is 15.5. The van der Waals surface area contributed by atoms with Gasteiger partial charge in [-0.2, -0.15) is 5.10 Å². The minimum atomic E-state index is -0.304. The quantitative estimate of drug-likeness (QED) is 0.742. The fourth-order valence-electron chi connectivity index (χ4n) is 1.58. The molecule has 0 radical (unpaired) electrons. The molecule has 0 spiro atoms. The second kappa shape index (κ2) is 6.90. The maximum absolute atomic E-state index is 11.8. The summed E-state index contributed by atoms with van der Waals surface area (Å²) in [6.07, 6.45) is 1.55. The van der Waals surface area contributed by atoms with E-state index in [1.807, 2.05) is 6.92 Å². The molecule has 6 nitrogen and oxygen atoms in total. The number of carbonyl (C=O) groups is 1. The van der Waals surface area contributed by atoms with E-state index in [1.54, 1.807) is 0 Å². The molecular formula is C12H19N3O3. The van der Waals surface area contributed by atoms with Crippen LogP contribution in [0.5, 0.6) is 0 Å². The Hall–Kier alpha value is -1.69. The zero-order valence-electron chi connectivity index (χ0n) is 10.7. The average Bonchev–Trinajstić information content (AvgIpc) is 2.37. The third-order valence-electron chi connectivity index (χ3n) is 2.86. The van der Waals surface area contributed by atoms with E-state index in [1.165, 1.54) is 19.2 Å². The SMILES string of the molecule is CCC(CCO)CNC(=O)c1ccc(=O)n(C)n1. The van der Waals surface area contributed by atoms with Gasteiger partial charge in [0, 0.05) is 26.3 Å². The normalized spacial score (nSPS) is 12.2. The number of aromatic nitrogens is 2. The fraction of sp³-hybridized carbons (Fsp3) is 0.583. The number of aryl methyl sites for hydroxylation is 1. The number of nitrogens with zero attached hydrogens (tertiary/aromatic N) is 2. The summed E-state index contributed by atoms with van der Waals surface area (Å²) < 4.78 is 1.12. The number of rotatable bonds is 6. The van der Waals surface area contributed by atoms with Crippen LogP contribution in [0.1, 0.15) is 30.3 Å². The molecule has 2 N–H and O–H groups in total. The lowest BCUT2D eigenvalue weighted by Gasteiger charge is -2.14. The highest BCUT2D eigenvalue weighted by molar-refractivity contribution is 5.91. The molecule has 0 aliphatic rings. The van der Waals surface area contributed by atoms with E-state index in [4.69, 9.17) is 5.11 Å². The standard InChI is InChI=1S/C12H19N3O3/c1-3-9(6-7-16)8-13-12(18)10-4-5-11(17)15(2)14-10/h4-5,9,16H,3,6-8H2,1-2H3,(H,13,18). The van der Waals surface area contributed by atoms with E-state index < -0.39 is 0 Å². The van der Waals surface area contributed by atoms with Crippen LogP contribution in [0.4, 0.5) is 0 Å². The maximum Gasteiger partial charge on any atom is 0.271 e. The molecule has 0 saturated carbocycles. The van der Waals surface area contributed by atoms with Crippen LogP contribution in [0.2, 0.25) is 0 Å². The Bertz CT molecular complexity index is 456. The fourth-order valence-corrected chi connectivity index (χ4v) is 1.58. The second-order valence-electron chi connectivity index (χ2n) is 4.18. The van der Waals surface area contributed by atoms with Crippen LogP contribution in [0, 0.1) is 5.92 Å². The first-order valence-electron chi connectivity index (χ1n) is 6.01. The van der Waals surface area contributed by atoms with Gasteiger partial charge in [-0.1, -0.05) is 13.3 Å². The van der Waals surface area contributed by atoms with Crippen LogP contribution in [0.15, 0.2) is 16.9 Å². The highest BCUT2D eigenvalue weighted by atomic mass is 16.3. The molecular weight excluding hydrogens is 234 g/mol. The van der Waals surface area contributed by atoms with Gasteiger partial charge in [0.05, 0.1) is 0 Å². The van der Waals surface area contributed by atoms with Gasteiger partial charge in [-0.3, -0.25) is 9.59 Å². The summed E-state index contributed by atoms with van der Waals surface area (Å²) >= 11 is 0. The van der Waals surface area contributed by atoms with Crippen LogP contribution in [-0.4, -0.2) is 33.9 Å². The first-order chi connectivity index (χ1) is 8.58. The summed E-state index contributed by atoms with van der Waals surface area (Å²) in [5.41, 5.74) is -0.0331. The molecule has 1 heterocycles. The lowest BCUT2D eigenvalue weighted by Crippen LogP contribution is -2.32. The Morgan fingerprint density at radius 2 is 2.28 bits per heavy atom. The third-order valence-corrected chi connectivity index (χ3v) is 2.86. The van der Waals surface area contributed by atoms with Crippen molar-refractivity contribution < 1.29 is 9.90 Å². The molecule has 1 amide bonds. The summed E-state index contributed by atoms with van der Waals surface area (Å²) in [6, 6.07) is 2.72. The molecule has 0 bridgehead atoms. The zero-order chi connectivity index (χ0) is 13.5. The van der Waals surface area contributed by atoms with E-state index in [0.29, 0.717) is 13.0 Å². The minimum absolute atomic E-state index is 0.118. The van der Waals surface area contributed by atoms with E-state index in [2.05, 4.69) is 10.4 Å². The number of hydrogen-bond acceptors (Lipinski definition) is 4. The molecule has 0 fully saturated rings. The van der Waals surface area contributed by atoms with Crippen LogP contribution in [-0.2, 0) is 7.05 Å². The first kappa shape index (κ1) is 14.4. The molecule has 1 aromatic heterocycles. The van der Waals surface area contributed by atoms with Crippen molar-refractivity contribution in [3.05, 3.63) is 28.2 Å². The van der Waals surface area contributed by atoms with Crippen LogP contribution >= 0.6 is 0 Å². The van der Waals surface area contributed by atoms with Gasteiger partial charge >= 0.3 is 0 Å². The average molecular weight is 253 g/mol. The van der Waals surface area contributed by atoms with Gasteiger partial charge in [-0.05, 0) is 18.4 Å². The van der Waals surface area contributed by atoms with Crippen LogP contribution in [0.3, 0.4) is 0 Å². The van der Waals surface area contributed by atoms with Crippen molar-refractivity contribution >= 4 is 5.91 Å². The van der Waals surface area contributed by atoms with Crippen molar-refractivity contribution in [2.75, 3.05) is 13.2 Å². The molecule has 0 aromatic carbocycles. The molecule has 1 aromatic rings. The highest BCUT2D eigenvalue weighted by Crippen LogP contribution is 2.05. The predicted octanol–water partition coefficient (Wildman–Crippen LogP) is -0.0813. The number of carbonyl (C=O) groups excluding carboxylic acids is 1. The number of hydrogen-bond donors (Lipinski definition) is 2. The molecule has 1 rings (SSSR count). The Kier molecular flexibility index (Phi) is 5.51. The Balaban J connectivity index is 2.59. The van der Waals surface area contributed by atoms with Crippen molar-refractivity contribution in [2.45, 2.75) is 19.8 Å². The van der Waals surface area contributed by atoms with Gasteiger partial charge in [-0.15, -0.1) is 0 Å². The Labute approximate surface area is 106 Å². The smallest absolute Gasteiger partial charge is 0.271 e. The topological polar surface area (TPSA) is 84.2 Å². The van der Waals surface area contributed by atoms with Gasteiger partial charge in [-0.25, -0.2) is 4.68 Å². The number of nitrogens with one attached hydrogen (secondary N) is 1. The van der Waals surface area contributed by atoms with Crippen molar-refractivity contribution in [3.8, 4) is 0 Å². The Morgan fingerprint density at radius 1 is 1.56 bits per heavy atom. The summed E-state index contributed by atoms with van der Waals surface area (Å²) in [6.45, 7) is 2.63. The first-order valence-corrected chi connectivity index (χ1v) is 6.01. The van der Waals surface area contributed by atoms with Gasteiger partial charge in [0.2, 0.25) is 0 Å². The van der Waals surface area contributed by atoms with Gasteiger partial charge in [0.1, 0.15) is 5.69 Å². The zero-order valence-corrected chi connectivity index (χ0v) is 10.7. The molecule has 0 aliphatic heterocycles. The lowest BCUT2D eigenvalue weighted by atomic mass is 10.0. The number of amides is 1. The van der Waals surface area contributed by atoms with Crippen molar-refractivity contribution in [1.82, 2.24) is 15.1 Å². The monoisotopic (exact) mass is 253 g/mol. The molecule has 6 heteroatoms. The van der Waals surface area contributed by atoms with Crippen molar-refractivity contribution in [1.29, 1.82) is 0 Å². The summed E-state index contributed by atoms with van der Waals surface area (Å²) in [4.78, 5) is 22.9. The number of aliphatic hydroxyl groups excluding tert-OH is 1. The summed E-state index contributed by atoms with van der Waals surface area (Å²) in [7, 11) is 1.50. The van der Waals surface area contributed by atoms with Crippen LogP contribution < -0.4 is 10.9 Å². The molecule has 0 aliphatic carbocycles. The van der Waals surface area contributed by atoms with Gasteiger partial charge in [0.15, 0.2) is 0 Å². The van der Waals surface area contributed by atoms with Crippen molar-refractivity contribution in [3.63, 3.8) is 0 Å². The maximum atomic E-state index is 11.8. The predicted molar refractivity (Wildman–Crippen MR) is 67.3 cm³/mol. The molecule has 0 saturated heterocycles. The lowest BCUT2D eigenvalue weighted by molar-refractivity contribution is 0.0936. The van der Waals surface area contributed by atoms with Crippen molar-refractivity contribution in [2.24, 2.45) is 13.0 Å².